The van der Waals surface area contributed by atoms with E-state index in [2.05, 4.69) is 5.10 Å². The molecular weight excluding hydrogens is 834 g/mol. The Labute approximate surface area is 356 Å². The lowest BCUT2D eigenvalue weighted by atomic mass is 9.71. The number of aliphatic hydroxyl groups excluding tert-OH is 2. The minimum atomic E-state index is -2.41. The molecule has 8 rings (SSSR count). The van der Waals surface area contributed by atoms with E-state index in [-0.39, 0.29) is 40.5 Å². The van der Waals surface area contributed by atoms with Crippen LogP contribution in [-0.2, 0) is 30.2 Å². The van der Waals surface area contributed by atoms with Crippen LogP contribution >= 0.6 is 0 Å². The molecule has 7 atom stereocenters. The number of ether oxygens (including phenoxy) is 4. The van der Waals surface area contributed by atoms with Gasteiger partial charge in [-0.3, -0.25) is 28.9 Å². The quantitative estimate of drug-likeness (QED) is 0.0606. The summed E-state index contributed by atoms with van der Waals surface area (Å²) in [5.41, 5.74) is -4.68. The van der Waals surface area contributed by atoms with Gasteiger partial charge >= 0.3 is 0 Å². The summed E-state index contributed by atoms with van der Waals surface area (Å²) in [6.45, 7) is 3.78. The van der Waals surface area contributed by atoms with Crippen molar-refractivity contribution in [2.24, 2.45) is 5.10 Å². The second-order valence-electron chi connectivity index (χ2n) is 15.9. The summed E-state index contributed by atoms with van der Waals surface area (Å²) in [6, 6.07) is 5.34. The second-order valence-corrected chi connectivity index (χ2v) is 15.9. The van der Waals surface area contributed by atoms with Crippen molar-refractivity contribution in [3.8, 4) is 17.2 Å². The molecule has 3 amide bonds. The first kappa shape index (κ1) is 43.6. The number of nitrogens with one attached hydrogen (secondary N) is 1. The number of ketones is 2. The zero-order valence-corrected chi connectivity index (χ0v) is 34.0. The Morgan fingerprint density at radius 3 is 2.40 bits per heavy atom. The molecule has 5 aliphatic rings. The molecule has 3 aliphatic heterocycles. The Bertz CT molecular complexity index is 2510. The molecule has 20 heteroatoms. The van der Waals surface area contributed by atoms with Crippen LogP contribution in [0, 0.1) is 11.6 Å². The van der Waals surface area contributed by atoms with Crippen molar-refractivity contribution in [1.82, 2.24) is 10.3 Å². The molecule has 0 aromatic heterocycles. The molecule has 2 saturated heterocycles. The van der Waals surface area contributed by atoms with Crippen molar-refractivity contribution >= 4 is 40.7 Å². The maximum atomic E-state index is 15.3. The molecule has 3 aromatic rings. The van der Waals surface area contributed by atoms with Crippen molar-refractivity contribution in [3.63, 3.8) is 0 Å². The molecule has 2 aliphatic carbocycles. The molecule has 3 aromatic carbocycles. The minimum absolute atomic E-state index is 0.0282. The second kappa shape index (κ2) is 16.6. The van der Waals surface area contributed by atoms with Crippen LogP contribution in [0.15, 0.2) is 47.6 Å². The number of imide groups is 1. The van der Waals surface area contributed by atoms with Crippen LogP contribution in [0.1, 0.15) is 86.1 Å². The summed E-state index contributed by atoms with van der Waals surface area (Å²) >= 11 is 0. The van der Waals surface area contributed by atoms with Gasteiger partial charge in [0.05, 0.1) is 78.4 Å². The number of rotatable bonds is 9. The molecule has 63 heavy (non-hydrogen) atoms. The molecule has 332 valence electrons. The fraction of sp³-hybridized carbons (Fsp3) is 0.395. The van der Waals surface area contributed by atoms with E-state index in [4.69, 9.17) is 18.9 Å². The predicted molar refractivity (Wildman–Crippen MR) is 212 cm³/mol. The number of amides is 3. The van der Waals surface area contributed by atoms with Crippen LogP contribution in [-0.4, -0.2) is 135 Å². The van der Waals surface area contributed by atoms with E-state index in [1.165, 1.54) is 25.3 Å². The SMILES string of the molecule is COc1cccc2c1C(=O)c1c(O)c3c(c(O)c1C2=O)C[C@@](O)(/C(CO)=N/NC(=O)c1ccc(N2C(=O)C=CC2=O)c(F)c1F)C[C@@H]3O[C@H]1CC(N2CCO[C@@H](C)C2)[C@H](O)[C@H](C)O1. The number of hydrogen-bond acceptors (Lipinski definition) is 16. The summed E-state index contributed by atoms with van der Waals surface area (Å²) in [6.07, 6.45) is -4.17. The minimum Gasteiger partial charge on any atom is -0.507 e. The van der Waals surface area contributed by atoms with Gasteiger partial charge in [0.2, 0.25) is 5.78 Å². The highest BCUT2D eigenvalue weighted by molar-refractivity contribution is 6.31. The number of aliphatic hydroxyl groups is 3. The van der Waals surface area contributed by atoms with Gasteiger partial charge in [0, 0.05) is 67.2 Å². The van der Waals surface area contributed by atoms with Gasteiger partial charge in [0.25, 0.3) is 17.7 Å². The number of methoxy groups -OCH3 is 1. The van der Waals surface area contributed by atoms with E-state index in [0.29, 0.717) is 24.6 Å². The number of phenols is 2. The first-order valence-electron chi connectivity index (χ1n) is 20.0. The Morgan fingerprint density at radius 2 is 1.71 bits per heavy atom. The Kier molecular flexibility index (Phi) is 11.5. The number of nitrogens with zero attached hydrogens (tertiary/aromatic N) is 3. The summed E-state index contributed by atoms with van der Waals surface area (Å²) in [7, 11) is 1.29. The molecule has 2 fully saturated rings. The predicted octanol–water partition coefficient (Wildman–Crippen LogP) is 1.69. The maximum Gasteiger partial charge on any atom is 0.274 e. The van der Waals surface area contributed by atoms with Gasteiger partial charge in [-0.1, -0.05) is 12.1 Å². The van der Waals surface area contributed by atoms with Gasteiger partial charge < -0.3 is 44.5 Å². The summed E-state index contributed by atoms with van der Waals surface area (Å²) in [5.74, 6) is -9.97. The number of hydrazone groups is 1. The van der Waals surface area contributed by atoms with Crippen molar-refractivity contribution in [3.05, 3.63) is 93.1 Å². The number of carbonyl (C=O) groups is 5. The number of morpholine rings is 1. The highest BCUT2D eigenvalue weighted by Crippen LogP contribution is 2.53. The third-order valence-corrected chi connectivity index (χ3v) is 12.1. The summed E-state index contributed by atoms with van der Waals surface area (Å²) < 4.78 is 54.1. The highest BCUT2D eigenvalue weighted by Gasteiger charge is 2.50. The van der Waals surface area contributed by atoms with Crippen LogP contribution in [0.2, 0.25) is 0 Å². The van der Waals surface area contributed by atoms with E-state index in [0.717, 1.165) is 24.3 Å². The topological polar surface area (TPSA) is 254 Å². The molecule has 0 spiro atoms. The van der Waals surface area contributed by atoms with Gasteiger partial charge in [0.15, 0.2) is 23.7 Å². The molecule has 1 unspecified atom stereocenters. The Balaban J connectivity index is 1.17. The lowest BCUT2D eigenvalue weighted by Crippen LogP contribution is -2.59. The average molecular weight is 877 g/mol. The van der Waals surface area contributed by atoms with Gasteiger partial charge in [-0.25, -0.2) is 19.1 Å². The number of phenolic OH excluding ortho intramolecular Hbond substituents is 2. The number of fused-ring (bicyclic) bond motifs is 3. The van der Waals surface area contributed by atoms with Crippen LogP contribution in [0.5, 0.6) is 17.2 Å². The highest BCUT2D eigenvalue weighted by atomic mass is 19.2. The van der Waals surface area contributed by atoms with E-state index < -0.39 is 136 Å². The zero-order valence-electron chi connectivity index (χ0n) is 34.0. The van der Waals surface area contributed by atoms with E-state index in [1.807, 2.05) is 17.2 Å². The van der Waals surface area contributed by atoms with Crippen molar-refractivity contribution in [2.45, 2.75) is 75.5 Å². The molecule has 6 N–H and O–H groups in total. The van der Waals surface area contributed by atoms with Crippen molar-refractivity contribution in [1.29, 1.82) is 0 Å². The Morgan fingerprint density at radius 1 is 1.00 bits per heavy atom. The molecule has 0 radical (unpaired) electrons. The fourth-order valence-electron chi connectivity index (χ4n) is 9.05. The Hall–Kier alpha value is -6.00. The molecule has 0 saturated carbocycles. The number of carbonyl (C=O) groups excluding carboxylic acids is 5. The fourth-order valence-corrected chi connectivity index (χ4v) is 9.05. The first-order chi connectivity index (χ1) is 30.0. The zero-order chi connectivity index (χ0) is 45.2. The molecule has 0 bridgehead atoms. The lowest BCUT2D eigenvalue weighted by Gasteiger charge is -2.47. The maximum absolute atomic E-state index is 15.3. The standard InChI is InChI=1S/C43H42F2N4O14/c1-18-16-48(11-12-61-18)24-13-30(62-19(2)37(24)53)63-26-15-43(59,27(17-50)46-47-42(58)21-7-8-23(36(45)35(21)44)49-28(51)9-10-29(49)52)14-22-32(26)41(57)34-33(39(22)55)38(54)20-5-4-6-25(60-3)31(20)40(34)56/h4-10,18-19,24,26,30,37,50,53,55,57,59H,11-17H2,1-3H3,(H,47,58)/b46-27+/t18-,19-,24?,26-,30-,37+,43-/m0/s1. The van der Waals surface area contributed by atoms with E-state index in [9.17, 15) is 49.5 Å². The molecular formula is C43H42F2N4O14. The third kappa shape index (κ3) is 7.36. The van der Waals surface area contributed by atoms with E-state index >= 15 is 8.78 Å². The lowest BCUT2D eigenvalue weighted by molar-refractivity contribution is -0.260. The monoisotopic (exact) mass is 876 g/mol. The van der Waals surface area contributed by atoms with Crippen molar-refractivity contribution < 1.29 is 77.2 Å². The smallest absolute Gasteiger partial charge is 0.274 e. The first-order valence-corrected chi connectivity index (χ1v) is 20.0. The normalized spacial score (nSPS) is 27.3. The summed E-state index contributed by atoms with van der Waals surface area (Å²) in [5, 5.41) is 62.1. The van der Waals surface area contributed by atoms with Gasteiger partial charge in [0.1, 0.15) is 22.8 Å². The number of hydrogen-bond donors (Lipinski definition) is 6. The average Bonchev–Trinajstić information content (AvgIpc) is 3.59. The van der Waals surface area contributed by atoms with Gasteiger partial charge in [-0.05, 0) is 32.0 Å². The molecule has 18 nitrogen and oxygen atoms in total. The van der Waals surface area contributed by atoms with Crippen LogP contribution in [0.25, 0.3) is 0 Å². The van der Waals surface area contributed by atoms with Gasteiger partial charge in [-0.15, -0.1) is 0 Å². The number of aromatic hydroxyl groups is 2. The number of anilines is 1. The largest absolute Gasteiger partial charge is 0.507 e. The number of halogens is 2. The van der Waals surface area contributed by atoms with Crippen LogP contribution in [0.3, 0.4) is 0 Å². The summed E-state index contributed by atoms with van der Waals surface area (Å²) in [4.78, 5) is 68.1. The third-order valence-electron chi connectivity index (χ3n) is 12.1. The van der Waals surface area contributed by atoms with Crippen molar-refractivity contribution in [2.75, 3.05) is 38.3 Å². The van der Waals surface area contributed by atoms with Crippen LogP contribution in [0.4, 0.5) is 14.5 Å². The van der Waals surface area contributed by atoms with Crippen LogP contribution < -0.4 is 15.1 Å². The molecule has 3 heterocycles. The van der Waals surface area contributed by atoms with Gasteiger partial charge in [-0.2, -0.15) is 5.10 Å². The van der Waals surface area contributed by atoms with E-state index in [1.54, 1.807) is 6.92 Å². The number of benzene rings is 3.